The Morgan fingerprint density at radius 1 is 1.53 bits per heavy atom. The number of benzene rings is 1. The van der Waals surface area contributed by atoms with Crippen LogP contribution < -0.4 is 0 Å². The molecule has 0 unspecified atom stereocenters. The summed E-state index contributed by atoms with van der Waals surface area (Å²) in [6, 6.07) is 5.70. The monoisotopic (exact) mass is 304 g/mol. The van der Waals surface area contributed by atoms with E-state index in [0.717, 1.165) is 14.6 Å². The molecule has 0 radical (unpaired) electrons. The number of thiophene rings is 1. The van der Waals surface area contributed by atoms with Gasteiger partial charge < -0.3 is 4.74 Å². The van der Waals surface area contributed by atoms with Gasteiger partial charge >= 0.3 is 5.97 Å². The van der Waals surface area contributed by atoms with Crippen LogP contribution in [-0.4, -0.2) is 13.1 Å². The van der Waals surface area contributed by atoms with Crippen LogP contribution in [-0.2, 0) is 4.74 Å². The Bertz CT molecular complexity index is 535. The Labute approximate surface area is 104 Å². The van der Waals surface area contributed by atoms with Crippen molar-refractivity contribution in [3.63, 3.8) is 0 Å². The first kappa shape index (κ1) is 10.9. The molecule has 78 valence electrons. The third-order valence-electron chi connectivity index (χ3n) is 1.96. The summed E-state index contributed by atoms with van der Waals surface area (Å²) >= 11 is 10.8. The number of halogens is 2. The standard InChI is InChI=1S/C10H6BrClO2S/c1-14-10(13)9-8(12)6-3-2-5(11)4-7(6)15-9/h2-4H,1H3. The molecule has 0 bridgehead atoms. The van der Waals surface area contributed by atoms with Crippen LogP contribution in [0.1, 0.15) is 9.67 Å². The zero-order valence-corrected chi connectivity index (χ0v) is 10.9. The summed E-state index contributed by atoms with van der Waals surface area (Å²) < 4.78 is 6.58. The van der Waals surface area contributed by atoms with Gasteiger partial charge in [0, 0.05) is 14.6 Å². The highest BCUT2D eigenvalue weighted by molar-refractivity contribution is 9.10. The van der Waals surface area contributed by atoms with Crippen LogP contribution in [0.15, 0.2) is 22.7 Å². The second-order valence-corrected chi connectivity index (χ2v) is 5.22. The number of carbonyl (C=O) groups excluding carboxylic acids is 1. The lowest BCUT2D eigenvalue weighted by Gasteiger charge is -1.94. The Hall–Kier alpha value is -0.580. The molecule has 0 aliphatic carbocycles. The molecular formula is C10H6BrClO2S. The highest BCUT2D eigenvalue weighted by Gasteiger charge is 2.17. The minimum absolute atomic E-state index is 0.391. The number of esters is 1. The molecule has 0 fully saturated rings. The van der Waals surface area contributed by atoms with E-state index < -0.39 is 5.97 Å². The smallest absolute Gasteiger partial charge is 0.349 e. The van der Waals surface area contributed by atoms with Gasteiger partial charge in [0.1, 0.15) is 4.88 Å². The number of rotatable bonds is 1. The lowest BCUT2D eigenvalue weighted by atomic mass is 10.2. The van der Waals surface area contributed by atoms with Gasteiger partial charge in [-0.15, -0.1) is 11.3 Å². The van der Waals surface area contributed by atoms with Crippen LogP contribution in [0.25, 0.3) is 10.1 Å². The normalized spacial score (nSPS) is 10.6. The van der Waals surface area contributed by atoms with Crippen LogP contribution in [0.3, 0.4) is 0 Å². The lowest BCUT2D eigenvalue weighted by Crippen LogP contribution is -1.97. The maximum Gasteiger partial charge on any atom is 0.349 e. The summed E-state index contributed by atoms with van der Waals surface area (Å²) in [5.41, 5.74) is 0. The molecule has 0 spiro atoms. The van der Waals surface area contributed by atoms with Gasteiger partial charge in [-0.1, -0.05) is 33.6 Å². The molecule has 0 N–H and O–H groups in total. The molecule has 1 aromatic heterocycles. The fourth-order valence-electron chi connectivity index (χ4n) is 1.26. The highest BCUT2D eigenvalue weighted by Crippen LogP contribution is 2.36. The minimum atomic E-state index is -0.391. The number of carbonyl (C=O) groups is 1. The molecule has 5 heteroatoms. The summed E-state index contributed by atoms with van der Waals surface area (Å²) in [5, 5.41) is 1.35. The Morgan fingerprint density at radius 2 is 2.27 bits per heavy atom. The van der Waals surface area contributed by atoms with Gasteiger partial charge in [0.2, 0.25) is 0 Å². The largest absolute Gasteiger partial charge is 0.465 e. The number of hydrogen-bond acceptors (Lipinski definition) is 3. The van der Waals surface area contributed by atoms with Crippen molar-refractivity contribution in [1.29, 1.82) is 0 Å². The molecular weight excluding hydrogens is 300 g/mol. The van der Waals surface area contributed by atoms with E-state index >= 15 is 0 Å². The van der Waals surface area contributed by atoms with Gasteiger partial charge in [-0.3, -0.25) is 0 Å². The van der Waals surface area contributed by atoms with Crippen molar-refractivity contribution in [2.45, 2.75) is 0 Å². The zero-order chi connectivity index (χ0) is 11.0. The van der Waals surface area contributed by atoms with Crippen LogP contribution in [0.5, 0.6) is 0 Å². The fourth-order valence-corrected chi connectivity index (χ4v) is 3.24. The van der Waals surface area contributed by atoms with E-state index in [1.807, 2.05) is 18.2 Å². The molecule has 1 heterocycles. The van der Waals surface area contributed by atoms with Gasteiger partial charge in [0.15, 0.2) is 0 Å². The molecule has 0 atom stereocenters. The van der Waals surface area contributed by atoms with Crippen molar-refractivity contribution in [2.75, 3.05) is 7.11 Å². The average molecular weight is 306 g/mol. The van der Waals surface area contributed by atoms with Crippen LogP contribution in [0, 0.1) is 0 Å². The van der Waals surface area contributed by atoms with E-state index in [1.165, 1.54) is 18.4 Å². The van der Waals surface area contributed by atoms with E-state index in [-0.39, 0.29) is 0 Å². The predicted molar refractivity (Wildman–Crippen MR) is 65.9 cm³/mol. The van der Waals surface area contributed by atoms with Crippen molar-refractivity contribution in [1.82, 2.24) is 0 Å². The van der Waals surface area contributed by atoms with Crippen molar-refractivity contribution in [2.24, 2.45) is 0 Å². The van der Waals surface area contributed by atoms with Gasteiger partial charge in [-0.05, 0) is 12.1 Å². The van der Waals surface area contributed by atoms with E-state index in [4.69, 9.17) is 11.6 Å². The second-order valence-electron chi connectivity index (χ2n) is 2.88. The maximum atomic E-state index is 11.4. The lowest BCUT2D eigenvalue weighted by molar-refractivity contribution is 0.0606. The van der Waals surface area contributed by atoms with Gasteiger partial charge in [-0.2, -0.15) is 0 Å². The number of ether oxygens (including phenoxy) is 1. The number of methoxy groups -OCH3 is 1. The average Bonchev–Trinajstić information content (AvgIpc) is 2.54. The molecule has 0 aliphatic heterocycles. The van der Waals surface area contributed by atoms with Crippen LogP contribution in [0.4, 0.5) is 0 Å². The van der Waals surface area contributed by atoms with Crippen LogP contribution >= 0.6 is 38.9 Å². The summed E-state index contributed by atoms with van der Waals surface area (Å²) in [5.74, 6) is -0.391. The molecule has 2 rings (SSSR count). The second kappa shape index (κ2) is 4.12. The molecule has 15 heavy (non-hydrogen) atoms. The summed E-state index contributed by atoms with van der Waals surface area (Å²) in [7, 11) is 1.35. The van der Waals surface area contributed by atoms with Gasteiger partial charge in [-0.25, -0.2) is 4.79 Å². The predicted octanol–water partition coefficient (Wildman–Crippen LogP) is 4.10. The maximum absolute atomic E-state index is 11.4. The summed E-state index contributed by atoms with van der Waals surface area (Å²) in [6.07, 6.45) is 0. The first-order chi connectivity index (χ1) is 7.13. The van der Waals surface area contributed by atoms with E-state index in [2.05, 4.69) is 20.7 Å². The van der Waals surface area contributed by atoms with E-state index in [1.54, 1.807) is 0 Å². The third-order valence-corrected chi connectivity index (χ3v) is 4.09. The van der Waals surface area contributed by atoms with Gasteiger partial charge in [0.05, 0.1) is 12.1 Å². The van der Waals surface area contributed by atoms with Crippen molar-refractivity contribution < 1.29 is 9.53 Å². The van der Waals surface area contributed by atoms with E-state index in [0.29, 0.717) is 9.90 Å². The van der Waals surface area contributed by atoms with Crippen molar-refractivity contribution in [3.8, 4) is 0 Å². The fraction of sp³-hybridized carbons (Fsp3) is 0.100. The topological polar surface area (TPSA) is 26.3 Å². The quantitative estimate of drug-likeness (QED) is 0.741. The van der Waals surface area contributed by atoms with Gasteiger partial charge in [0.25, 0.3) is 0 Å². The Balaban J connectivity index is 2.69. The first-order valence-electron chi connectivity index (χ1n) is 4.09. The first-order valence-corrected chi connectivity index (χ1v) is 6.08. The number of hydrogen-bond donors (Lipinski definition) is 0. The third kappa shape index (κ3) is 1.89. The van der Waals surface area contributed by atoms with Crippen molar-refractivity contribution in [3.05, 3.63) is 32.6 Å². The SMILES string of the molecule is COC(=O)c1sc2cc(Br)ccc2c1Cl. The van der Waals surface area contributed by atoms with E-state index in [9.17, 15) is 4.79 Å². The van der Waals surface area contributed by atoms with Crippen molar-refractivity contribution >= 4 is 54.9 Å². The zero-order valence-electron chi connectivity index (χ0n) is 7.71. The molecule has 2 nitrogen and oxygen atoms in total. The summed E-state index contributed by atoms with van der Waals surface area (Å²) in [6.45, 7) is 0. The Morgan fingerprint density at radius 3 is 2.93 bits per heavy atom. The Kier molecular flexibility index (Phi) is 3.00. The molecule has 0 amide bonds. The molecule has 0 saturated carbocycles. The molecule has 1 aromatic carbocycles. The van der Waals surface area contributed by atoms with Crippen LogP contribution in [0.2, 0.25) is 5.02 Å². The molecule has 0 aliphatic rings. The molecule has 2 aromatic rings. The number of fused-ring (bicyclic) bond motifs is 1. The highest BCUT2D eigenvalue weighted by atomic mass is 79.9. The summed E-state index contributed by atoms with van der Waals surface area (Å²) in [4.78, 5) is 11.8. The molecule has 0 saturated heterocycles. The minimum Gasteiger partial charge on any atom is -0.465 e.